The monoisotopic (exact) mass is 276 g/mol. The number of rotatable bonds is 6. The maximum Gasteiger partial charge on any atom is 0.303 e. The van der Waals surface area contributed by atoms with Crippen LogP contribution in [0, 0.1) is 0 Å². The molecule has 1 aromatic heterocycles. The van der Waals surface area contributed by atoms with E-state index in [1.54, 1.807) is 24.3 Å². The van der Waals surface area contributed by atoms with Crippen molar-refractivity contribution in [1.82, 2.24) is 9.78 Å². The standard InChI is InChI=1S/C14H16N2O4/c17-12(18)8-2-1-5-9-16-14(20)11-7-4-3-6-10(11)13(19)15-16/h3-4,6-7H,1-2,5,8-9H2,(H,15,19)(H,17,18). The molecule has 2 N–H and O–H groups in total. The third kappa shape index (κ3) is 3.14. The second kappa shape index (κ2) is 6.18. The largest absolute Gasteiger partial charge is 0.481 e. The fourth-order valence-electron chi connectivity index (χ4n) is 2.13. The first-order valence-electron chi connectivity index (χ1n) is 6.53. The number of H-pyrrole nitrogens is 1. The average molecular weight is 276 g/mol. The van der Waals surface area contributed by atoms with Crippen LogP contribution in [0.5, 0.6) is 0 Å². The molecule has 0 saturated heterocycles. The van der Waals surface area contributed by atoms with E-state index in [2.05, 4.69) is 5.10 Å². The van der Waals surface area contributed by atoms with Crippen molar-refractivity contribution in [2.24, 2.45) is 0 Å². The van der Waals surface area contributed by atoms with Crippen LogP contribution in [0.2, 0.25) is 0 Å². The summed E-state index contributed by atoms with van der Waals surface area (Å²) in [6.45, 7) is 0.387. The summed E-state index contributed by atoms with van der Waals surface area (Å²) >= 11 is 0. The highest BCUT2D eigenvalue weighted by molar-refractivity contribution is 5.80. The van der Waals surface area contributed by atoms with Crippen LogP contribution in [-0.4, -0.2) is 20.9 Å². The van der Waals surface area contributed by atoms with Crippen molar-refractivity contribution in [1.29, 1.82) is 0 Å². The van der Waals surface area contributed by atoms with E-state index in [4.69, 9.17) is 5.11 Å². The molecule has 0 aliphatic heterocycles. The number of benzene rings is 1. The number of nitrogens with one attached hydrogen (secondary N) is 1. The van der Waals surface area contributed by atoms with E-state index >= 15 is 0 Å². The lowest BCUT2D eigenvalue weighted by atomic mass is 10.2. The van der Waals surface area contributed by atoms with Crippen LogP contribution >= 0.6 is 0 Å². The van der Waals surface area contributed by atoms with Gasteiger partial charge in [-0.1, -0.05) is 18.6 Å². The molecule has 20 heavy (non-hydrogen) atoms. The van der Waals surface area contributed by atoms with Crippen molar-refractivity contribution < 1.29 is 9.90 Å². The van der Waals surface area contributed by atoms with Gasteiger partial charge in [0, 0.05) is 13.0 Å². The number of aromatic nitrogens is 2. The van der Waals surface area contributed by atoms with Gasteiger partial charge in [-0.3, -0.25) is 19.5 Å². The summed E-state index contributed by atoms with van der Waals surface area (Å²) in [5.74, 6) is -0.818. The Morgan fingerprint density at radius 1 is 1.10 bits per heavy atom. The van der Waals surface area contributed by atoms with Crippen LogP contribution in [0.1, 0.15) is 25.7 Å². The average Bonchev–Trinajstić information content (AvgIpc) is 2.43. The first kappa shape index (κ1) is 14.0. The van der Waals surface area contributed by atoms with Crippen LogP contribution in [0.15, 0.2) is 33.9 Å². The number of nitrogens with zero attached hydrogens (tertiary/aromatic N) is 1. The van der Waals surface area contributed by atoms with E-state index in [0.29, 0.717) is 36.6 Å². The quantitative estimate of drug-likeness (QED) is 0.779. The van der Waals surface area contributed by atoms with E-state index in [9.17, 15) is 14.4 Å². The minimum Gasteiger partial charge on any atom is -0.481 e. The zero-order valence-electron chi connectivity index (χ0n) is 11.0. The minimum atomic E-state index is -0.818. The predicted molar refractivity (Wildman–Crippen MR) is 74.9 cm³/mol. The van der Waals surface area contributed by atoms with Crippen LogP contribution in [-0.2, 0) is 11.3 Å². The first-order chi connectivity index (χ1) is 9.59. The molecule has 0 fully saturated rings. The van der Waals surface area contributed by atoms with Crippen molar-refractivity contribution in [3.05, 3.63) is 45.0 Å². The third-order valence-corrected chi connectivity index (χ3v) is 3.16. The molecule has 0 saturated carbocycles. The Bertz CT molecular complexity index is 730. The van der Waals surface area contributed by atoms with Crippen molar-refractivity contribution in [2.45, 2.75) is 32.2 Å². The summed E-state index contributed by atoms with van der Waals surface area (Å²) in [5, 5.41) is 11.9. The molecule has 0 spiro atoms. The number of aryl methyl sites for hydroxylation is 1. The highest BCUT2D eigenvalue weighted by Gasteiger charge is 2.06. The Labute approximate surface area is 114 Å². The lowest BCUT2D eigenvalue weighted by Crippen LogP contribution is -2.29. The molecule has 6 nitrogen and oxygen atoms in total. The van der Waals surface area contributed by atoms with Gasteiger partial charge in [0.15, 0.2) is 0 Å². The minimum absolute atomic E-state index is 0.128. The Balaban J connectivity index is 2.11. The maximum absolute atomic E-state index is 12.2. The zero-order valence-corrected chi connectivity index (χ0v) is 11.0. The van der Waals surface area contributed by atoms with E-state index in [-0.39, 0.29) is 17.5 Å². The van der Waals surface area contributed by atoms with Crippen LogP contribution in [0.3, 0.4) is 0 Å². The van der Waals surface area contributed by atoms with Gasteiger partial charge in [-0.15, -0.1) is 0 Å². The van der Waals surface area contributed by atoms with Crippen molar-refractivity contribution in [2.75, 3.05) is 0 Å². The Kier molecular flexibility index (Phi) is 4.34. The summed E-state index contributed by atoms with van der Waals surface area (Å²) in [4.78, 5) is 34.4. The van der Waals surface area contributed by atoms with E-state index in [1.165, 1.54) is 4.68 Å². The van der Waals surface area contributed by atoms with E-state index < -0.39 is 5.97 Å². The molecule has 0 radical (unpaired) electrons. The number of hydrogen-bond acceptors (Lipinski definition) is 3. The second-order valence-electron chi connectivity index (χ2n) is 4.65. The number of unbranched alkanes of at least 4 members (excludes halogenated alkanes) is 2. The molecule has 0 amide bonds. The Hall–Kier alpha value is -2.37. The summed E-state index contributed by atoms with van der Waals surface area (Å²) in [6.07, 6.45) is 2.06. The smallest absolute Gasteiger partial charge is 0.303 e. The summed E-state index contributed by atoms with van der Waals surface area (Å²) in [7, 11) is 0. The topological polar surface area (TPSA) is 92.2 Å². The second-order valence-corrected chi connectivity index (χ2v) is 4.65. The number of fused-ring (bicyclic) bond motifs is 1. The molecule has 6 heteroatoms. The Morgan fingerprint density at radius 2 is 1.80 bits per heavy atom. The number of carboxylic acid groups (broad SMARTS) is 1. The SMILES string of the molecule is O=C(O)CCCCCn1[nH]c(=O)c2ccccc2c1=O. The zero-order chi connectivity index (χ0) is 14.5. The molecular formula is C14H16N2O4. The van der Waals surface area contributed by atoms with Gasteiger partial charge in [0.05, 0.1) is 10.8 Å². The normalized spacial score (nSPS) is 10.8. The molecule has 0 aliphatic carbocycles. The maximum atomic E-state index is 12.2. The van der Waals surface area contributed by atoms with Gasteiger partial charge < -0.3 is 5.11 Å². The fourth-order valence-corrected chi connectivity index (χ4v) is 2.13. The third-order valence-electron chi connectivity index (χ3n) is 3.16. The summed E-state index contributed by atoms with van der Waals surface area (Å²) in [6, 6.07) is 6.69. The van der Waals surface area contributed by atoms with Crippen LogP contribution < -0.4 is 11.1 Å². The number of carboxylic acids is 1. The van der Waals surface area contributed by atoms with Gasteiger partial charge in [-0.25, -0.2) is 4.68 Å². The molecule has 1 heterocycles. The van der Waals surface area contributed by atoms with Gasteiger partial charge in [-0.2, -0.15) is 0 Å². The van der Waals surface area contributed by atoms with Gasteiger partial charge in [-0.05, 0) is 25.0 Å². The van der Waals surface area contributed by atoms with Gasteiger partial charge >= 0.3 is 5.97 Å². The highest BCUT2D eigenvalue weighted by Crippen LogP contribution is 2.04. The number of aromatic amines is 1. The molecule has 0 atom stereocenters. The molecule has 1 aromatic carbocycles. The van der Waals surface area contributed by atoms with E-state index in [1.807, 2.05) is 0 Å². The molecule has 0 bridgehead atoms. The van der Waals surface area contributed by atoms with Crippen molar-refractivity contribution >= 4 is 16.7 Å². The predicted octanol–water partition coefficient (Wildman–Crippen LogP) is 1.33. The van der Waals surface area contributed by atoms with E-state index in [0.717, 1.165) is 0 Å². The number of carbonyl (C=O) groups is 1. The van der Waals surface area contributed by atoms with Crippen molar-refractivity contribution in [3.8, 4) is 0 Å². The summed E-state index contributed by atoms with van der Waals surface area (Å²) in [5.41, 5.74) is -0.510. The van der Waals surface area contributed by atoms with Gasteiger partial charge in [0.25, 0.3) is 11.1 Å². The summed E-state index contributed by atoms with van der Waals surface area (Å²) < 4.78 is 1.30. The number of aliphatic carboxylic acids is 1. The molecule has 2 aromatic rings. The Morgan fingerprint density at radius 3 is 2.50 bits per heavy atom. The molecule has 0 unspecified atom stereocenters. The fraction of sp³-hybridized carbons (Fsp3) is 0.357. The van der Waals surface area contributed by atoms with Crippen molar-refractivity contribution in [3.63, 3.8) is 0 Å². The molecule has 0 aliphatic rings. The molecule has 106 valence electrons. The highest BCUT2D eigenvalue weighted by atomic mass is 16.4. The molecule has 2 rings (SSSR count). The van der Waals surface area contributed by atoms with Crippen LogP contribution in [0.25, 0.3) is 10.8 Å². The van der Waals surface area contributed by atoms with Gasteiger partial charge in [0.1, 0.15) is 0 Å². The lowest BCUT2D eigenvalue weighted by Gasteiger charge is -2.06. The first-order valence-corrected chi connectivity index (χ1v) is 6.53. The van der Waals surface area contributed by atoms with Gasteiger partial charge in [0.2, 0.25) is 0 Å². The lowest BCUT2D eigenvalue weighted by molar-refractivity contribution is -0.137. The number of hydrogen-bond donors (Lipinski definition) is 2. The molecular weight excluding hydrogens is 260 g/mol. The van der Waals surface area contributed by atoms with Crippen LogP contribution in [0.4, 0.5) is 0 Å².